The maximum absolute atomic E-state index is 13.0. The van der Waals surface area contributed by atoms with E-state index in [2.05, 4.69) is 4.98 Å². The predicted octanol–water partition coefficient (Wildman–Crippen LogP) is 0.731. The average Bonchev–Trinajstić information content (AvgIpc) is 2.91. The average molecular weight is 181 g/mol. The Bertz CT molecular complexity index is 336. The van der Waals surface area contributed by atoms with Gasteiger partial charge in [0.15, 0.2) is 5.78 Å². The molecule has 4 heteroatoms. The fourth-order valence-electron chi connectivity index (χ4n) is 1.06. The molecule has 1 aromatic rings. The van der Waals surface area contributed by atoms with Gasteiger partial charge in [-0.1, -0.05) is 0 Å². The van der Waals surface area contributed by atoms with Crippen LogP contribution in [0.3, 0.4) is 0 Å². The van der Waals surface area contributed by atoms with Crippen molar-refractivity contribution >= 4 is 5.78 Å². The number of rotatable bonds is 3. The smallest absolute Gasteiger partial charge is 0.169 e. The molecule has 1 aromatic heterocycles. The fourth-order valence-corrected chi connectivity index (χ4v) is 1.06. The number of halogens is 1. The van der Waals surface area contributed by atoms with Crippen molar-refractivity contribution in [2.75, 3.05) is 6.61 Å². The van der Waals surface area contributed by atoms with E-state index in [0.717, 1.165) is 0 Å². The topological polar surface area (TPSA) is 42.5 Å². The van der Waals surface area contributed by atoms with Gasteiger partial charge in [-0.05, 0) is 12.1 Å². The first kappa shape index (κ1) is 8.31. The van der Waals surface area contributed by atoms with Crippen LogP contribution >= 0.6 is 0 Å². The molecule has 0 aliphatic carbocycles. The van der Waals surface area contributed by atoms with E-state index in [1.54, 1.807) is 0 Å². The lowest BCUT2D eigenvalue weighted by atomic mass is 10.1. The van der Waals surface area contributed by atoms with E-state index in [1.807, 2.05) is 0 Å². The molecule has 0 radical (unpaired) electrons. The van der Waals surface area contributed by atoms with Crippen molar-refractivity contribution in [1.29, 1.82) is 0 Å². The Labute approximate surface area is 74.5 Å². The van der Waals surface area contributed by atoms with Crippen LogP contribution in [0, 0.1) is 5.82 Å². The van der Waals surface area contributed by atoms with Crippen LogP contribution in [0.15, 0.2) is 18.3 Å². The molecule has 2 rings (SSSR count). The quantitative estimate of drug-likeness (QED) is 0.645. The van der Waals surface area contributed by atoms with E-state index in [9.17, 15) is 9.18 Å². The zero-order valence-electron chi connectivity index (χ0n) is 6.87. The lowest BCUT2D eigenvalue weighted by Gasteiger charge is -1.98. The molecule has 1 fully saturated rings. The van der Waals surface area contributed by atoms with E-state index in [4.69, 9.17) is 4.74 Å². The second-order valence-corrected chi connectivity index (χ2v) is 2.90. The van der Waals surface area contributed by atoms with Crippen LogP contribution in [0.1, 0.15) is 5.69 Å². The van der Waals surface area contributed by atoms with Crippen LogP contribution in [-0.4, -0.2) is 23.5 Å². The summed E-state index contributed by atoms with van der Waals surface area (Å²) in [5.41, 5.74) is 0.197. The number of carbonyl (C=O) groups excluding carboxylic acids is 1. The summed E-state index contributed by atoms with van der Waals surface area (Å²) in [7, 11) is 0. The predicted molar refractivity (Wildman–Crippen MR) is 42.6 cm³/mol. The van der Waals surface area contributed by atoms with Crippen molar-refractivity contribution in [1.82, 2.24) is 4.98 Å². The molecule has 0 amide bonds. The minimum absolute atomic E-state index is 0.0251. The van der Waals surface area contributed by atoms with Crippen LogP contribution < -0.4 is 0 Å². The first-order chi connectivity index (χ1) is 6.27. The number of hydrogen-bond acceptors (Lipinski definition) is 3. The number of epoxide rings is 1. The summed E-state index contributed by atoms with van der Waals surface area (Å²) in [6.07, 6.45) is 1.18. The Morgan fingerprint density at radius 1 is 1.77 bits per heavy atom. The van der Waals surface area contributed by atoms with Gasteiger partial charge in [0.25, 0.3) is 0 Å². The molecule has 1 aliphatic rings. The maximum Gasteiger partial charge on any atom is 0.169 e. The summed E-state index contributed by atoms with van der Waals surface area (Å²) in [5.74, 6) is -0.533. The van der Waals surface area contributed by atoms with Crippen molar-refractivity contribution < 1.29 is 13.9 Å². The van der Waals surface area contributed by atoms with Gasteiger partial charge < -0.3 is 4.74 Å². The van der Waals surface area contributed by atoms with Crippen molar-refractivity contribution in [3.05, 3.63) is 29.8 Å². The minimum Gasteiger partial charge on any atom is -0.365 e. The van der Waals surface area contributed by atoms with Gasteiger partial charge in [-0.2, -0.15) is 0 Å². The molecule has 0 bridgehead atoms. The van der Waals surface area contributed by atoms with Crippen molar-refractivity contribution in [2.45, 2.75) is 12.5 Å². The molecule has 1 aliphatic heterocycles. The first-order valence-electron chi connectivity index (χ1n) is 4.01. The van der Waals surface area contributed by atoms with E-state index in [1.165, 1.54) is 18.3 Å². The number of ether oxygens (including phenoxy) is 1. The number of carbonyl (C=O) groups is 1. The number of nitrogens with zero attached hydrogens (tertiary/aromatic N) is 1. The fraction of sp³-hybridized carbons (Fsp3) is 0.333. The number of aromatic nitrogens is 1. The van der Waals surface area contributed by atoms with Gasteiger partial charge in [0.05, 0.1) is 18.7 Å². The van der Waals surface area contributed by atoms with Gasteiger partial charge >= 0.3 is 0 Å². The van der Waals surface area contributed by atoms with E-state index < -0.39 is 5.82 Å². The van der Waals surface area contributed by atoms with E-state index in [-0.39, 0.29) is 24.0 Å². The van der Waals surface area contributed by atoms with Crippen LogP contribution in [0.5, 0.6) is 0 Å². The Morgan fingerprint density at radius 2 is 2.54 bits per heavy atom. The number of hydrogen-bond donors (Lipinski definition) is 0. The number of Topliss-reactive ketones (excluding diaryl/α,β-unsaturated/α-hetero) is 1. The third-order valence-corrected chi connectivity index (χ3v) is 1.87. The molecule has 68 valence electrons. The van der Waals surface area contributed by atoms with E-state index >= 15 is 0 Å². The molecule has 1 atom stereocenters. The summed E-state index contributed by atoms with van der Waals surface area (Å²) in [6.45, 7) is 0.466. The standard InChI is InChI=1S/C9H8FNO2/c10-6-2-1-3-11-7(6)4-8(12)9-5-13-9/h1-3,9H,4-5H2. The van der Waals surface area contributed by atoms with Crippen LogP contribution in [0.2, 0.25) is 0 Å². The SMILES string of the molecule is O=C(Cc1ncccc1F)C1CO1. The third-order valence-electron chi connectivity index (χ3n) is 1.87. The highest BCUT2D eigenvalue weighted by atomic mass is 19.1. The second-order valence-electron chi connectivity index (χ2n) is 2.90. The maximum atomic E-state index is 13.0. The van der Waals surface area contributed by atoms with Crippen LogP contribution in [0.25, 0.3) is 0 Å². The minimum atomic E-state index is -0.434. The van der Waals surface area contributed by atoms with Gasteiger partial charge in [0.1, 0.15) is 11.9 Å². The van der Waals surface area contributed by atoms with Crippen molar-refractivity contribution in [3.63, 3.8) is 0 Å². The monoisotopic (exact) mass is 181 g/mol. The molecule has 0 saturated carbocycles. The van der Waals surface area contributed by atoms with Crippen molar-refractivity contribution in [2.24, 2.45) is 0 Å². The Kier molecular flexibility index (Phi) is 2.06. The molecule has 0 aromatic carbocycles. The second kappa shape index (κ2) is 3.22. The van der Waals surface area contributed by atoms with Gasteiger partial charge in [-0.15, -0.1) is 0 Å². The Balaban J connectivity index is 2.08. The van der Waals surface area contributed by atoms with Crippen molar-refractivity contribution in [3.8, 4) is 0 Å². The molecular formula is C9H8FNO2. The summed E-state index contributed by atoms with van der Waals surface area (Å²) in [4.78, 5) is 15.0. The van der Waals surface area contributed by atoms with Crippen LogP contribution in [-0.2, 0) is 16.0 Å². The highest BCUT2D eigenvalue weighted by Gasteiger charge is 2.31. The third kappa shape index (κ3) is 1.89. The largest absolute Gasteiger partial charge is 0.365 e. The number of pyridine rings is 1. The lowest BCUT2D eigenvalue weighted by molar-refractivity contribution is -0.119. The molecule has 1 unspecified atom stereocenters. The highest BCUT2D eigenvalue weighted by molar-refractivity contribution is 5.86. The molecular weight excluding hydrogens is 173 g/mol. The normalized spacial score (nSPS) is 19.9. The molecule has 1 saturated heterocycles. The molecule has 0 N–H and O–H groups in total. The lowest BCUT2D eigenvalue weighted by Crippen LogP contribution is -2.12. The molecule has 3 nitrogen and oxygen atoms in total. The molecule has 2 heterocycles. The highest BCUT2D eigenvalue weighted by Crippen LogP contribution is 2.13. The summed E-state index contributed by atoms with van der Waals surface area (Å²) >= 11 is 0. The van der Waals surface area contributed by atoms with Gasteiger partial charge in [0, 0.05) is 6.20 Å². The summed E-state index contributed by atoms with van der Waals surface area (Å²) in [6, 6.07) is 2.79. The van der Waals surface area contributed by atoms with E-state index in [0.29, 0.717) is 6.61 Å². The van der Waals surface area contributed by atoms with Gasteiger partial charge in [-0.25, -0.2) is 4.39 Å². The summed E-state index contributed by atoms with van der Waals surface area (Å²) in [5, 5.41) is 0. The van der Waals surface area contributed by atoms with Gasteiger partial charge in [-0.3, -0.25) is 9.78 Å². The Hall–Kier alpha value is -1.29. The van der Waals surface area contributed by atoms with Crippen LogP contribution in [0.4, 0.5) is 4.39 Å². The zero-order chi connectivity index (χ0) is 9.26. The van der Waals surface area contributed by atoms with Gasteiger partial charge in [0.2, 0.25) is 0 Å². The first-order valence-corrected chi connectivity index (χ1v) is 4.01. The summed E-state index contributed by atoms with van der Waals surface area (Å²) < 4.78 is 17.8. The number of ketones is 1. The Morgan fingerprint density at radius 3 is 3.15 bits per heavy atom. The molecule has 0 spiro atoms. The zero-order valence-corrected chi connectivity index (χ0v) is 6.87. The molecule has 13 heavy (non-hydrogen) atoms.